The average molecular weight is 593 g/mol. The Bertz CT molecular complexity index is 1250. The zero-order chi connectivity index (χ0) is 30.6. The Morgan fingerprint density at radius 3 is 2.42 bits per heavy atom. The van der Waals surface area contributed by atoms with Gasteiger partial charge in [-0.25, -0.2) is 19.6 Å². The number of hydrazine groups is 1. The van der Waals surface area contributed by atoms with Crippen molar-refractivity contribution in [3.63, 3.8) is 0 Å². The first-order valence-electron chi connectivity index (χ1n) is 14.4. The fourth-order valence-corrected chi connectivity index (χ4v) is 5.25. The van der Waals surface area contributed by atoms with E-state index in [0.29, 0.717) is 39.1 Å². The summed E-state index contributed by atoms with van der Waals surface area (Å²) < 4.78 is 10.8. The molecular formula is C31H40N6O6. The summed E-state index contributed by atoms with van der Waals surface area (Å²) >= 11 is 0. The van der Waals surface area contributed by atoms with Crippen LogP contribution in [0.4, 0.5) is 9.59 Å². The van der Waals surface area contributed by atoms with Gasteiger partial charge in [0, 0.05) is 26.7 Å². The van der Waals surface area contributed by atoms with E-state index in [1.165, 1.54) is 16.0 Å². The van der Waals surface area contributed by atoms with Gasteiger partial charge in [0.2, 0.25) is 11.8 Å². The molecule has 0 spiro atoms. The SMILES string of the molecule is C=CCOC(=O)NCCC[C@H]1C(=O)N(CCOCc2ccccc2)C[C@H]2N1C(=O)CN(C)N2C(=O)NCc1ccccc1. The largest absolute Gasteiger partial charge is 0.445 e. The average Bonchev–Trinajstić information content (AvgIpc) is 3.01. The number of ether oxygens (including phenoxy) is 2. The van der Waals surface area contributed by atoms with Gasteiger partial charge in [0.25, 0.3) is 0 Å². The van der Waals surface area contributed by atoms with Crippen molar-refractivity contribution in [2.45, 2.75) is 38.2 Å². The maximum atomic E-state index is 13.7. The third-order valence-electron chi connectivity index (χ3n) is 7.31. The van der Waals surface area contributed by atoms with Crippen LogP contribution >= 0.6 is 0 Å². The van der Waals surface area contributed by atoms with Crippen molar-refractivity contribution in [1.29, 1.82) is 0 Å². The zero-order valence-corrected chi connectivity index (χ0v) is 24.5. The molecule has 2 aliphatic heterocycles. The number of hydrogen-bond donors (Lipinski definition) is 2. The topological polar surface area (TPSA) is 124 Å². The Hall–Kier alpha value is -4.42. The Morgan fingerprint density at radius 2 is 1.72 bits per heavy atom. The maximum Gasteiger partial charge on any atom is 0.407 e. The first kappa shape index (κ1) is 31.5. The second-order valence-electron chi connectivity index (χ2n) is 10.4. The lowest BCUT2D eigenvalue weighted by molar-refractivity contribution is -0.188. The number of likely N-dealkylation sites (N-methyl/N-ethyl adjacent to an activating group) is 1. The van der Waals surface area contributed by atoms with E-state index in [0.717, 1.165) is 11.1 Å². The molecule has 5 amide bonds. The molecule has 2 aromatic carbocycles. The molecule has 0 unspecified atom stereocenters. The van der Waals surface area contributed by atoms with Crippen LogP contribution < -0.4 is 10.6 Å². The Morgan fingerprint density at radius 1 is 1.02 bits per heavy atom. The molecule has 0 aromatic heterocycles. The molecule has 0 aliphatic carbocycles. The molecule has 2 atom stereocenters. The van der Waals surface area contributed by atoms with Crippen molar-refractivity contribution >= 4 is 23.9 Å². The van der Waals surface area contributed by atoms with Crippen LogP contribution in [0.1, 0.15) is 24.0 Å². The smallest absolute Gasteiger partial charge is 0.407 e. The van der Waals surface area contributed by atoms with Gasteiger partial charge >= 0.3 is 12.1 Å². The molecule has 43 heavy (non-hydrogen) atoms. The summed E-state index contributed by atoms with van der Waals surface area (Å²) in [5, 5.41) is 8.72. The van der Waals surface area contributed by atoms with Gasteiger partial charge in [-0.3, -0.25) is 9.59 Å². The second kappa shape index (κ2) is 15.7. The molecule has 0 saturated carbocycles. The highest BCUT2D eigenvalue weighted by Gasteiger charge is 2.50. The van der Waals surface area contributed by atoms with E-state index in [2.05, 4.69) is 17.2 Å². The quantitative estimate of drug-likeness (QED) is 0.270. The summed E-state index contributed by atoms with van der Waals surface area (Å²) in [6, 6.07) is 18.1. The van der Waals surface area contributed by atoms with E-state index in [9.17, 15) is 19.2 Å². The minimum absolute atomic E-state index is 0.0502. The molecule has 12 heteroatoms. The van der Waals surface area contributed by atoms with Crippen LogP contribution in [0.2, 0.25) is 0 Å². The van der Waals surface area contributed by atoms with Crippen molar-refractivity contribution in [2.75, 3.05) is 46.4 Å². The van der Waals surface area contributed by atoms with E-state index in [4.69, 9.17) is 9.47 Å². The number of piperazine rings is 1. The van der Waals surface area contributed by atoms with Gasteiger partial charge < -0.3 is 29.9 Å². The van der Waals surface area contributed by atoms with Gasteiger partial charge in [-0.2, -0.15) is 0 Å². The van der Waals surface area contributed by atoms with Crippen molar-refractivity contribution in [2.24, 2.45) is 0 Å². The summed E-state index contributed by atoms with van der Waals surface area (Å²) in [4.78, 5) is 55.6. The Balaban J connectivity index is 1.46. The van der Waals surface area contributed by atoms with E-state index >= 15 is 0 Å². The normalized spacial score (nSPS) is 18.7. The summed E-state index contributed by atoms with van der Waals surface area (Å²) in [7, 11) is 1.69. The third kappa shape index (κ3) is 8.55. The van der Waals surface area contributed by atoms with Crippen LogP contribution in [-0.2, 0) is 32.2 Å². The van der Waals surface area contributed by atoms with Crippen molar-refractivity contribution in [3.05, 3.63) is 84.4 Å². The summed E-state index contributed by atoms with van der Waals surface area (Å²) in [6.07, 6.45) is 0.906. The number of benzene rings is 2. The van der Waals surface area contributed by atoms with Crippen molar-refractivity contribution in [3.8, 4) is 0 Å². The van der Waals surface area contributed by atoms with Crippen LogP contribution in [0.5, 0.6) is 0 Å². The summed E-state index contributed by atoms with van der Waals surface area (Å²) in [5.41, 5.74) is 1.97. The van der Waals surface area contributed by atoms with Crippen molar-refractivity contribution < 1.29 is 28.7 Å². The first-order valence-corrected chi connectivity index (χ1v) is 14.4. The molecule has 2 heterocycles. The molecule has 230 valence electrons. The number of amides is 5. The molecule has 12 nitrogen and oxygen atoms in total. The highest BCUT2D eigenvalue weighted by molar-refractivity contribution is 5.91. The Labute approximate surface area is 252 Å². The standard InChI is InChI=1S/C31H40N6O6/c1-3-18-43-31(41)32-16-10-15-26-29(39)35(17-19-42-23-25-13-8-5-9-14-25)21-27-36(26)28(38)22-34(2)37(27)30(40)33-20-24-11-6-4-7-12-24/h3-9,11-14,26-27H,1,10,15-23H2,2H3,(H,32,41)(H,33,40)/t26-,27-/m0/s1. The highest BCUT2D eigenvalue weighted by atomic mass is 16.5. The second-order valence-corrected chi connectivity index (χ2v) is 10.4. The van der Waals surface area contributed by atoms with Crippen LogP contribution in [0.3, 0.4) is 0 Å². The minimum atomic E-state index is -0.801. The van der Waals surface area contributed by atoms with Gasteiger partial charge in [-0.15, -0.1) is 0 Å². The number of alkyl carbamates (subject to hydrolysis) is 1. The molecule has 0 radical (unpaired) electrons. The monoisotopic (exact) mass is 592 g/mol. The molecule has 2 aliphatic rings. The van der Waals surface area contributed by atoms with Crippen molar-refractivity contribution in [1.82, 2.24) is 30.5 Å². The number of rotatable bonds is 13. The third-order valence-corrected chi connectivity index (χ3v) is 7.31. The predicted octanol–water partition coefficient (Wildman–Crippen LogP) is 2.33. The number of carbonyl (C=O) groups is 4. The van der Waals surface area contributed by atoms with E-state index < -0.39 is 18.3 Å². The number of hydrogen-bond acceptors (Lipinski definition) is 7. The number of nitrogens with one attached hydrogen (secondary N) is 2. The van der Waals surface area contributed by atoms with E-state index in [1.807, 2.05) is 60.7 Å². The van der Waals surface area contributed by atoms with Gasteiger partial charge in [0.15, 0.2) is 0 Å². The van der Waals surface area contributed by atoms with Gasteiger partial charge in [-0.05, 0) is 24.0 Å². The molecule has 2 aromatic rings. The highest BCUT2D eigenvalue weighted by Crippen LogP contribution is 2.28. The summed E-state index contributed by atoms with van der Waals surface area (Å²) in [5.74, 6) is -0.451. The number of carbonyl (C=O) groups excluding carboxylic acids is 4. The fourth-order valence-electron chi connectivity index (χ4n) is 5.25. The molecule has 2 fully saturated rings. The molecule has 2 saturated heterocycles. The first-order chi connectivity index (χ1) is 20.9. The molecule has 0 bridgehead atoms. The van der Waals surface area contributed by atoms with Gasteiger partial charge in [-0.1, -0.05) is 73.3 Å². The van der Waals surface area contributed by atoms with E-state index in [-0.39, 0.29) is 44.1 Å². The van der Waals surface area contributed by atoms with Crippen LogP contribution in [0, 0.1) is 0 Å². The van der Waals surface area contributed by atoms with Gasteiger partial charge in [0.05, 0.1) is 26.3 Å². The van der Waals surface area contributed by atoms with Crippen LogP contribution in [0.25, 0.3) is 0 Å². The van der Waals surface area contributed by atoms with E-state index in [1.54, 1.807) is 17.0 Å². The maximum absolute atomic E-state index is 13.7. The Kier molecular flexibility index (Phi) is 11.5. The van der Waals surface area contributed by atoms with Crippen LogP contribution in [-0.4, -0.2) is 102 Å². The lowest BCUT2D eigenvalue weighted by atomic mass is 10.0. The molecule has 2 N–H and O–H groups in total. The summed E-state index contributed by atoms with van der Waals surface area (Å²) in [6.45, 7) is 5.28. The lowest BCUT2D eigenvalue weighted by Gasteiger charge is -2.54. The predicted molar refractivity (Wildman–Crippen MR) is 159 cm³/mol. The van der Waals surface area contributed by atoms with Crippen LogP contribution in [0.15, 0.2) is 73.3 Å². The lowest BCUT2D eigenvalue weighted by Crippen LogP contribution is -2.76. The number of nitrogens with zero attached hydrogens (tertiary/aromatic N) is 4. The molecule has 4 rings (SSSR count). The van der Waals surface area contributed by atoms with Gasteiger partial charge in [0.1, 0.15) is 18.8 Å². The fraction of sp³-hybridized carbons (Fsp3) is 0.419. The molecular weight excluding hydrogens is 552 g/mol. The minimum Gasteiger partial charge on any atom is -0.445 e. The zero-order valence-electron chi connectivity index (χ0n) is 24.5. The number of urea groups is 1. The number of fused-ring (bicyclic) bond motifs is 1.